The number of hydrogen-bond acceptors (Lipinski definition) is 1. The predicted molar refractivity (Wildman–Crippen MR) is 44.6 cm³/mol. The molecule has 0 aliphatic heterocycles. The number of nitrogens with one attached hydrogen (secondary N) is 1. The normalized spacial score (nSPS) is 10.8. The van der Waals surface area contributed by atoms with Crippen molar-refractivity contribution in [2.75, 3.05) is 0 Å². The van der Waals surface area contributed by atoms with E-state index in [9.17, 15) is 18.0 Å². The van der Waals surface area contributed by atoms with Gasteiger partial charge in [0, 0.05) is 17.1 Å². The Morgan fingerprint density at radius 2 is 2.15 bits per heavy atom. The van der Waals surface area contributed by atoms with E-state index in [0.717, 1.165) is 6.20 Å². The van der Waals surface area contributed by atoms with Crippen molar-refractivity contribution >= 4 is 15.9 Å². The van der Waals surface area contributed by atoms with Crippen LogP contribution in [0.15, 0.2) is 11.0 Å². The Morgan fingerprint density at radius 3 is 2.54 bits per heavy atom. The van der Waals surface area contributed by atoms with Gasteiger partial charge in [-0.15, -0.1) is 0 Å². The van der Waals surface area contributed by atoms with Crippen LogP contribution in [0, 0.1) is 5.82 Å². The van der Waals surface area contributed by atoms with Gasteiger partial charge in [0.1, 0.15) is 5.82 Å². The zero-order valence-corrected chi connectivity index (χ0v) is 7.87. The molecule has 1 heterocycles. The van der Waals surface area contributed by atoms with Crippen molar-refractivity contribution in [3.63, 3.8) is 0 Å². The standard InChI is InChI=1S/C7H5BrF3NO/c8-1-3-4(9)2-12-7(13)5(3)6(10)11/h2,6H,1H2,(H,12,13). The molecule has 0 aliphatic carbocycles. The third-order valence-corrected chi connectivity index (χ3v) is 2.10. The molecular weight excluding hydrogens is 251 g/mol. The van der Waals surface area contributed by atoms with Crippen molar-refractivity contribution in [3.8, 4) is 0 Å². The fourth-order valence-corrected chi connectivity index (χ4v) is 1.50. The molecule has 0 unspecified atom stereocenters. The van der Waals surface area contributed by atoms with Crippen LogP contribution in [0.4, 0.5) is 13.2 Å². The molecule has 1 aromatic heterocycles. The van der Waals surface area contributed by atoms with Gasteiger partial charge < -0.3 is 4.98 Å². The summed E-state index contributed by atoms with van der Waals surface area (Å²) in [4.78, 5) is 12.8. The van der Waals surface area contributed by atoms with E-state index < -0.39 is 23.4 Å². The average Bonchev–Trinajstić information content (AvgIpc) is 2.07. The summed E-state index contributed by atoms with van der Waals surface area (Å²) in [6.07, 6.45) is -2.20. The van der Waals surface area contributed by atoms with Gasteiger partial charge in [-0.2, -0.15) is 0 Å². The number of hydrogen-bond donors (Lipinski definition) is 1. The molecule has 0 saturated heterocycles. The number of halogens is 4. The molecule has 72 valence electrons. The second-order valence-electron chi connectivity index (χ2n) is 2.29. The first kappa shape index (κ1) is 10.3. The number of H-pyrrole nitrogens is 1. The first-order valence-corrected chi connectivity index (χ1v) is 4.44. The number of aromatic amines is 1. The fourth-order valence-electron chi connectivity index (χ4n) is 0.926. The molecule has 6 heteroatoms. The smallest absolute Gasteiger partial charge is 0.269 e. The van der Waals surface area contributed by atoms with E-state index in [1.165, 1.54) is 0 Å². The molecule has 0 saturated carbocycles. The lowest BCUT2D eigenvalue weighted by Gasteiger charge is -2.04. The monoisotopic (exact) mass is 255 g/mol. The lowest BCUT2D eigenvalue weighted by atomic mass is 10.1. The average molecular weight is 256 g/mol. The summed E-state index contributed by atoms with van der Waals surface area (Å²) in [5, 5.41) is -0.109. The minimum Gasteiger partial charge on any atom is -0.326 e. The Bertz CT molecular complexity index is 363. The third kappa shape index (κ3) is 1.93. The SMILES string of the molecule is O=c1[nH]cc(F)c(CBr)c1C(F)F. The summed E-state index contributed by atoms with van der Waals surface area (Å²) in [6, 6.07) is 0. The molecule has 0 amide bonds. The zero-order valence-electron chi connectivity index (χ0n) is 6.28. The number of pyridine rings is 1. The number of rotatable bonds is 2. The predicted octanol–water partition coefficient (Wildman–Crippen LogP) is 2.35. The lowest BCUT2D eigenvalue weighted by molar-refractivity contribution is 0.148. The fraction of sp³-hybridized carbons (Fsp3) is 0.286. The van der Waals surface area contributed by atoms with Crippen molar-refractivity contribution in [2.24, 2.45) is 0 Å². The van der Waals surface area contributed by atoms with Gasteiger partial charge in [0.05, 0.1) is 5.56 Å². The van der Waals surface area contributed by atoms with Crippen LogP contribution in [0.1, 0.15) is 17.6 Å². The minimum atomic E-state index is -2.97. The molecule has 0 atom stereocenters. The van der Waals surface area contributed by atoms with Crippen molar-refractivity contribution in [1.82, 2.24) is 4.98 Å². The molecule has 1 rings (SSSR count). The summed E-state index contributed by atoms with van der Waals surface area (Å²) in [6.45, 7) is 0. The number of alkyl halides is 3. The van der Waals surface area contributed by atoms with Gasteiger partial charge in [-0.25, -0.2) is 13.2 Å². The molecule has 13 heavy (non-hydrogen) atoms. The van der Waals surface area contributed by atoms with Crippen LogP contribution in [0.5, 0.6) is 0 Å². The van der Waals surface area contributed by atoms with Gasteiger partial charge in [-0.1, -0.05) is 15.9 Å². The minimum absolute atomic E-state index is 0.109. The molecule has 1 aromatic rings. The van der Waals surface area contributed by atoms with Gasteiger partial charge in [-0.3, -0.25) is 4.79 Å². The zero-order chi connectivity index (χ0) is 10.0. The molecule has 0 radical (unpaired) electrons. The van der Waals surface area contributed by atoms with E-state index in [2.05, 4.69) is 15.9 Å². The Kier molecular flexibility index (Phi) is 3.13. The highest BCUT2D eigenvalue weighted by atomic mass is 79.9. The first-order chi connectivity index (χ1) is 6.07. The first-order valence-electron chi connectivity index (χ1n) is 3.32. The van der Waals surface area contributed by atoms with Crippen LogP contribution in [0.2, 0.25) is 0 Å². The molecule has 0 spiro atoms. The van der Waals surface area contributed by atoms with Gasteiger partial charge in [0.25, 0.3) is 12.0 Å². The number of aromatic nitrogens is 1. The van der Waals surface area contributed by atoms with E-state index in [0.29, 0.717) is 0 Å². The van der Waals surface area contributed by atoms with Crippen LogP contribution in [0.25, 0.3) is 0 Å². The van der Waals surface area contributed by atoms with E-state index >= 15 is 0 Å². The van der Waals surface area contributed by atoms with Gasteiger partial charge in [0.15, 0.2) is 0 Å². The molecule has 1 N–H and O–H groups in total. The highest BCUT2D eigenvalue weighted by molar-refractivity contribution is 9.08. The molecular formula is C7H5BrF3NO. The second kappa shape index (κ2) is 3.95. The summed E-state index contributed by atoms with van der Waals surface area (Å²) in [5.41, 5.74) is -2.05. The van der Waals surface area contributed by atoms with Crippen molar-refractivity contribution in [3.05, 3.63) is 33.5 Å². The van der Waals surface area contributed by atoms with Crippen LogP contribution < -0.4 is 5.56 Å². The Hall–Kier alpha value is -0.780. The van der Waals surface area contributed by atoms with Gasteiger partial charge >= 0.3 is 0 Å². The maximum Gasteiger partial charge on any atom is 0.269 e. The van der Waals surface area contributed by atoms with Crippen molar-refractivity contribution < 1.29 is 13.2 Å². The Labute approximate surface area is 79.9 Å². The maximum atomic E-state index is 12.9. The van der Waals surface area contributed by atoms with Crippen LogP contribution in [0.3, 0.4) is 0 Å². The maximum absolute atomic E-state index is 12.9. The molecule has 2 nitrogen and oxygen atoms in total. The highest BCUT2D eigenvalue weighted by Gasteiger charge is 2.19. The quantitative estimate of drug-likeness (QED) is 0.809. The second-order valence-corrected chi connectivity index (χ2v) is 2.85. The third-order valence-electron chi connectivity index (χ3n) is 1.54. The highest BCUT2D eigenvalue weighted by Crippen LogP contribution is 2.22. The van der Waals surface area contributed by atoms with Crippen LogP contribution in [-0.4, -0.2) is 4.98 Å². The van der Waals surface area contributed by atoms with E-state index in [4.69, 9.17) is 0 Å². The Balaban J connectivity index is 3.44. The lowest BCUT2D eigenvalue weighted by Crippen LogP contribution is -2.16. The van der Waals surface area contributed by atoms with Gasteiger partial charge in [0.2, 0.25) is 0 Å². The van der Waals surface area contributed by atoms with Gasteiger partial charge in [-0.05, 0) is 0 Å². The summed E-state index contributed by atoms with van der Waals surface area (Å²) in [7, 11) is 0. The van der Waals surface area contributed by atoms with E-state index in [-0.39, 0.29) is 10.9 Å². The van der Waals surface area contributed by atoms with Crippen LogP contribution in [-0.2, 0) is 5.33 Å². The summed E-state index contributed by atoms with van der Waals surface area (Å²) < 4.78 is 37.4. The molecule has 0 aliphatic rings. The van der Waals surface area contributed by atoms with Crippen molar-refractivity contribution in [1.29, 1.82) is 0 Å². The topological polar surface area (TPSA) is 32.9 Å². The van der Waals surface area contributed by atoms with Crippen molar-refractivity contribution in [2.45, 2.75) is 11.8 Å². The Morgan fingerprint density at radius 1 is 1.54 bits per heavy atom. The largest absolute Gasteiger partial charge is 0.326 e. The summed E-state index contributed by atoms with van der Waals surface area (Å²) in [5.74, 6) is -0.841. The van der Waals surface area contributed by atoms with Crippen LogP contribution >= 0.6 is 15.9 Å². The van der Waals surface area contributed by atoms with E-state index in [1.54, 1.807) is 0 Å². The molecule has 0 fully saturated rings. The van der Waals surface area contributed by atoms with E-state index in [1.807, 2.05) is 4.98 Å². The molecule has 0 aromatic carbocycles. The summed E-state index contributed by atoms with van der Waals surface area (Å²) >= 11 is 2.84. The molecule has 0 bridgehead atoms.